The van der Waals surface area contributed by atoms with Crippen molar-refractivity contribution in [1.82, 2.24) is 0 Å². The molecule has 1 aliphatic heterocycles. The van der Waals surface area contributed by atoms with Crippen molar-refractivity contribution in [1.29, 1.82) is 0 Å². The van der Waals surface area contributed by atoms with Gasteiger partial charge in [0.15, 0.2) is 11.5 Å². The molecule has 0 bridgehead atoms. The number of nitro benzene ring substituents is 1. The molecule has 148 valence electrons. The highest BCUT2D eigenvalue weighted by Crippen LogP contribution is 2.38. The molecule has 9 nitrogen and oxygen atoms in total. The van der Waals surface area contributed by atoms with Crippen LogP contribution < -0.4 is 19.1 Å². The lowest BCUT2D eigenvalue weighted by Crippen LogP contribution is -2.36. The maximum absolute atomic E-state index is 12.6. The van der Waals surface area contributed by atoms with E-state index in [4.69, 9.17) is 18.9 Å². The topological polar surface area (TPSA) is 100 Å². The number of methoxy groups -OCH3 is 2. The van der Waals surface area contributed by atoms with Gasteiger partial charge in [0.2, 0.25) is 5.75 Å². The fourth-order valence-corrected chi connectivity index (χ4v) is 2.94. The van der Waals surface area contributed by atoms with Gasteiger partial charge in [0.25, 0.3) is 5.69 Å². The number of hydrogen-bond donors (Lipinski definition) is 0. The first-order chi connectivity index (χ1) is 13.5. The second-order valence-corrected chi connectivity index (χ2v) is 5.94. The van der Waals surface area contributed by atoms with Gasteiger partial charge in [-0.2, -0.15) is 0 Å². The molecule has 1 fully saturated rings. The van der Waals surface area contributed by atoms with Gasteiger partial charge in [-0.3, -0.25) is 10.1 Å². The molecule has 0 aromatic heterocycles. The second-order valence-electron chi connectivity index (χ2n) is 5.94. The maximum atomic E-state index is 12.6. The van der Waals surface area contributed by atoms with Gasteiger partial charge in [-0.05, 0) is 24.3 Å². The quantitative estimate of drug-likeness (QED) is 0.322. The van der Waals surface area contributed by atoms with Gasteiger partial charge in [0.05, 0.1) is 37.9 Å². The van der Waals surface area contributed by atoms with Crippen LogP contribution in [0.2, 0.25) is 0 Å². The van der Waals surface area contributed by atoms with E-state index in [0.29, 0.717) is 43.5 Å². The number of carbonyl (C=O) groups excluding carboxylic acids is 1. The fourth-order valence-electron chi connectivity index (χ4n) is 2.94. The first-order valence-corrected chi connectivity index (χ1v) is 8.59. The van der Waals surface area contributed by atoms with E-state index in [1.54, 1.807) is 24.3 Å². The molecule has 1 heterocycles. The zero-order valence-electron chi connectivity index (χ0n) is 15.5. The van der Waals surface area contributed by atoms with Gasteiger partial charge in [-0.1, -0.05) is 6.07 Å². The molecule has 0 aliphatic carbocycles. The number of rotatable bonds is 6. The maximum Gasteiger partial charge on any atom is 0.344 e. The molecule has 9 heteroatoms. The Kier molecular flexibility index (Phi) is 5.95. The van der Waals surface area contributed by atoms with Gasteiger partial charge < -0.3 is 23.8 Å². The highest BCUT2D eigenvalue weighted by Gasteiger charge is 2.25. The van der Waals surface area contributed by atoms with Crippen molar-refractivity contribution in [2.75, 3.05) is 45.4 Å². The summed E-state index contributed by atoms with van der Waals surface area (Å²) in [7, 11) is 2.88. The van der Waals surface area contributed by atoms with Crippen LogP contribution >= 0.6 is 0 Å². The third kappa shape index (κ3) is 3.99. The molecular formula is C19H20N2O7. The Balaban J connectivity index is 1.91. The Morgan fingerprint density at radius 2 is 1.75 bits per heavy atom. The number of morpholine rings is 1. The molecule has 0 radical (unpaired) electrons. The van der Waals surface area contributed by atoms with E-state index in [1.807, 2.05) is 4.90 Å². The van der Waals surface area contributed by atoms with E-state index in [0.717, 1.165) is 0 Å². The van der Waals surface area contributed by atoms with Crippen LogP contribution in [0.4, 0.5) is 11.4 Å². The largest absolute Gasteiger partial charge is 0.493 e. The van der Waals surface area contributed by atoms with Crippen LogP contribution in [0.1, 0.15) is 10.4 Å². The zero-order chi connectivity index (χ0) is 20.1. The minimum absolute atomic E-state index is 0.0525. The summed E-state index contributed by atoms with van der Waals surface area (Å²) >= 11 is 0. The minimum atomic E-state index is -0.751. The normalized spacial score (nSPS) is 13.7. The summed E-state index contributed by atoms with van der Waals surface area (Å²) in [4.78, 5) is 25.5. The number of nitro groups is 1. The number of benzene rings is 2. The number of hydrogen-bond acceptors (Lipinski definition) is 8. The van der Waals surface area contributed by atoms with Crippen LogP contribution in [0.25, 0.3) is 0 Å². The van der Waals surface area contributed by atoms with Crippen LogP contribution in [-0.2, 0) is 4.74 Å². The summed E-state index contributed by atoms with van der Waals surface area (Å²) < 4.78 is 21.1. The average Bonchev–Trinajstić information content (AvgIpc) is 2.73. The van der Waals surface area contributed by atoms with E-state index >= 15 is 0 Å². The molecule has 0 atom stereocenters. The molecule has 0 amide bonds. The molecule has 1 aliphatic rings. The average molecular weight is 388 g/mol. The SMILES string of the molecule is COc1cccc(OC)c1OC(=O)c1ccc(N2CCOCC2)c([N+](=O)[O-])c1. The highest BCUT2D eigenvalue weighted by atomic mass is 16.6. The molecule has 0 spiro atoms. The molecule has 0 saturated carbocycles. The lowest BCUT2D eigenvalue weighted by atomic mass is 10.1. The molecule has 2 aromatic rings. The first kappa shape index (κ1) is 19.4. The second kappa shape index (κ2) is 8.57. The molecule has 1 saturated heterocycles. The van der Waals surface area contributed by atoms with Gasteiger partial charge >= 0.3 is 5.97 Å². The van der Waals surface area contributed by atoms with Crippen molar-refractivity contribution >= 4 is 17.3 Å². The van der Waals surface area contributed by atoms with Crippen LogP contribution in [0, 0.1) is 10.1 Å². The van der Waals surface area contributed by atoms with Crippen molar-refractivity contribution in [3.63, 3.8) is 0 Å². The first-order valence-electron chi connectivity index (χ1n) is 8.59. The van der Waals surface area contributed by atoms with Gasteiger partial charge in [-0.15, -0.1) is 0 Å². The summed E-state index contributed by atoms with van der Waals surface area (Å²) in [6, 6.07) is 9.21. The van der Waals surface area contributed by atoms with Crippen molar-refractivity contribution in [2.24, 2.45) is 0 Å². The number of ether oxygens (including phenoxy) is 4. The van der Waals surface area contributed by atoms with Gasteiger partial charge in [0, 0.05) is 19.2 Å². The smallest absolute Gasteiger partial charge is 0.344 e. The Bertz CT molecular complexity index is 856. The molecule has 2 aromatic carbocycles. The van der Waals surface area contributed by atoms with Crippen molar-refractivity contribution in [3.05, 3.63) is 52.1 Å². The van der Waals surface area contributed by atoms with Gasteiger partial charge in [0.1, 0.15) is 5.69 Å². The Labute approximate surface area is 161 Å². The summed E-state index contributed by atoms with van der Waals surface area (Å²) in [6.07, 6.45) is 0. The summed E-state index contributed by atoms with van der Waals surface area (Å²) in [6.45, 7) is 2.08. The third-order valence-electron chi connectivity index (χ3n) is 4.34. The number of esters is 1. The predicted molar refractivity (Wildman–Crippen MR) is 101 cm³/mol. The monoisotopic (exact) mass is 388 g/mol. The summed E-state index contributed by atoms with van der Waals surface area (Å²) in [5.74, 6) is -0.0175. The summed E-state index contributed by atoms with van der Waals surface area (Å²) in [5.41, 5.74) is 0.333. The number of nitrogens with zero attached hydrogens (tertiary/aromatic N) is 2. The number of carbonyl (C=O) groups is 1. The zero-order valence-corrected chi connectivity index (χ0v) is 15.5. The van der Waals surface area contributed by atoms with E-state index < -0.39 is 10.9 Å². The molecule has 0 N–H and O–H groups in total. The van der Waals surface area contributed by atoms with E-state index in [1.165, 1.54) is 26.4 Å². The highest BCUT2D eigenvalue weighted by molar-refractivity contribution is 5.93. The summed E-state index contributed by atoms with van der Waals surface area (Å²) in [5, 5.41) is 11.6. The predicted octanol–water partition coefficient (Wildman–Crippen LogP) is 2.67. The molecule has 3 rings (SSSR count). The van der Waals surface area contributed by atoms with Crippen LogP contribution in [-0.4, -0.2) is 51.4 Å². The number of anilines is 1. The van der Waals surface area contributed by atoms with Crippen LogP contribution in [0.15, 0.2) is 36.4 Å². The van der Waals surface area contributed by atoms with E-state index in [9.17, 15) is 14.9 Å². The van der Waals surface area contributed by atoms with Gasteiger partial charge in [-0.25, -0.2) is 4.79 Å². The third-order valence-corrected chi connectivity index (χ3v) is 4.34. The number of para-hydroxylation sites is 1. The van der Waals surface area contributed by atoms with Crippen molar-refractivity contribution in [2.45, 2.75) is 0 Å². The fraction of sp³-hybridized carbons (Fsp3) is 0.316. The standard InChI is InChI=1S/C19H20N2O7/c1-25-16-4-3-5-17(26-2)18(16)28-19(22)13-6-7-14(15(12-13)21(23)24)20-8-10-27-11-9-20/h3-7,12H,8-11H2,1-2H3. The minimum Gasteiger partial charge on any atom is -0.493 e. The van der Waals surface area contributed by atoms with E-state index in [-0.39, 0.29) is 17.0 Å². The van der Waals surface area contributed by atoms with Crippen molar-refractivity contribution in [3.8, 4) is 17.2 Å². The van der Waals surface area contributed by atoms with Crippen LogP contribution in [0.5, 0.6) is 17.2 Å². The Morgan fingerprint density at radius 1 is 1.11 bits per heavy atom. The molecule has 0 unspecified atom stereocenters. The molecular weight excluding hydrogens is 368 g/mol. The molecule has 28 heavy (non-hydrogen) atoms. The Morgan fingerprint density at radius 3 is 2.32 bits per heavy atom. The lowest BCUT2D eigenvalue weighted by Gasteiger charge is -2.28. The van der Waals surface area contributed by atoms with Crippen molar-refractivity contribution < 1.29 is 28.7 Å². The van der Waals surface area contributed by atoms with Crippen LogP contribution in [0.3, 0.4) is 0 Å². The lowest BCUT2D eigenvalue weighted by molar-refractivity contribution is -0.384. The van der Waals surface area contributed by atoms with E-state index in [2.05, 4.69) is 0 Å². The Hall–Kier alpha value is -3.33.